The van der Waals surface area contributed by atoms with Crippen LogP contribution in [0.3, 0.4) is 0 Å². The molecule has 0 saturated heterocycles. The summed E-state index contributed by atoms with van der Waals surface area (Å²) in [4.78, 5) is 11.1. The fourth-order valence-electron chi connectivity index (χ4n) is 1.60. The predicted octanol–water partition coefficient (Wildman–Crippen LogP) is 2.78. The third-order valence-electron chi connectivity index (χ3n) is 3.10. The molecular formula is C13H12F3N3O2. The van der Waals surface area contributed by atoms with Crippen LogP contribution < -0.4 is 0 Å². The SMILES string of the molecule is CC(C)(C(=O)O)n1cc(-c2ccc(C(F)(F)F)cc2)nn1. The zero-order valence-corrected chi connectivity index (χ0v) is 11.2. The average Bonchev–Trinajstić information content (AvgIpc) is 2.88. The van der Waals surface area contributed by atoms with Crippen LogP contribution in [0, 0.1) is 0 Å². The minimum absolute atomic E-state index is 0.304. The molecule has 1 aromatic carbocycles. The smallest absolute Gasteiger partial charge is 0.416 e. The van der Waals surface area contributed by atoms with Crippen molar-refractivity contribution in [2.24, 2.45) is 0 Å². The van der Waals surface area contributed by atoms with E-state index in [0.29, 0.717) is 11.3 Å². The number of hydrogen-bond acceptors (Lipinski definition) is 3. The van der Waals surface area contributed by atoms with Gasteiger partial charge in [0.25, 0.3) is 0 Å². The van der Waals surface area contributed by atoms with Crippen LogP contribution in [-0.2, 0) is 16.5 Å². The summed E-state index contributed by atoms with van der Waals surface area (Å²) in [7, 11) is 0. The fourth-order valence-corrected chi connectivity index (χ4v) is 1.60. The number of benzene rings is 1. The quantitative estimate of drug-likeness (QED) is 0.946. The second kappa shape index (κ2) is 4.87. The molecule has 0 bridgehead atoms. The lowest BCUT2D eigenvalue weighted by molar-refractivity contribution is -0.146. The number of carboxylic acid groups (broad SMARTS) is 1. The van der Waals surface area contributed by atoms with Gasteiger partial charge in [0.15, 0.2) is 5.54 Å². The van der Waals surface area contributed by atoms with Crippen molar-refractivity contribution >= 4 is 5.97 Å². The summed E-state index contributed by atoms with van der Waals surface area (Å²) in [6, 6.07) is 4.42. The molecule has 0 atom stereocenters. The second-order valence-corrected chi connectivity index (χ2v) is 4.99. The Hall–Kier alpha value is -2.38. The second-order valence-electron chi connectivity index (χ2n) is 4.99. The van der Waals surface area contributed by atoms with E-state index in [4.69, 9.17) is 5.11 Å². The largest absolute Gasteiger partial charge is 0.479 e. The lowest BCUT2D eigenvalue weighted by atomic mass is 10.1. The fraction of sp³-hybridized carbons (Fsp3) is 0.308. The van der Waals surface area contributed by atoms with Crippen LogP contribution in [0.1, 0.15) is 19.4 Å². The molecule has 0 aliphatic heterocycles. The van der Waals surface area contributed by atoms with Gasteiger partial charge >= 0.3 is 12.1 Å². The molecule has 2 aromatic rings. The van der Waals surface area contributed by atoms with Crippen molar-refractivity contribution in [2.75, 3.05) is 0 Å². The molecule has 0 saturated carbocycles. The molecule has 0 spiro atoms. The highest BCUT2D eigenvalue weighted by Gasteiger charge is 2.32. The van der Waals surface area contributed by atoms with E-state index in [1.165, 1.54) is 32.2 Å². The van der Waals surface area contributed by atoms with Crippen LogP contribution in [0.5, 0.6) is 0 Å². The molecule has 1 N–H and O–H groups in total. The summed E-state index contributed by atoms with van der Waals surface area (Å²) >= 11 is 0. The number of alkyl halides is 3. The van der Waals surface area contributed by atoms with Crippen molar-refractivity contribution in [3.63, 3.8) is 0 Å². The predicted molar refractivity (Wildman–Crippen MR) is 67.4 cm³/mol. The van der Waals surface area contributed by atoms with Gasteiger partial charge in [-0.1, -0.05) is 17.3 Å². The minimum atomic E-state index is -4.40. The number of rotatable bonds is 3. The van der Waals surface area contributed by atoms with Gasteiger partial charge in [0.05, 0.1) is 11.8 Å². The molecule has 8 heteroatoms. The van der Waals surface area contributed by atoms with Crippen LogP contribution in [0.25, 0.3) is 11.3 Å². The van der Waals surface area contributed by atoms with E-state index < -0.39 is 23.2 Å². The maximum Gasteiger partial charge on any atom is 0.416 e. The maximum absolute atomic E-state index is 12.5. The van der Waals surface area contributed by atoms with E-state index >= 15 is 0 Å². The van der Waals surface area contributed by atoms with Crippen LogP contribution in [0.15, 0.2) is 30.5 Å². The lowest BCUT2D eigenvalue weighted by Gasteiger charge is -2.18. The van der Waals surface area contributed by atoms with Gasteiger partial charge in [-0.2, -0.15) is 13.2 Å². The minimum Gasteiger partial charge on any atom is -0.479 e. The van der Waals surface area contributed by atoms with Gasteiger partial charge in [-0.3, -0.25) is 0 Å². The van der Waals surface area contributed by atoms with E-state index in [0.717, 1.165) is 16.8 Å². The Morgan fingerprint density at radius 1 is 1.19 bits per heavy atom. The number of aliphatic carboxylic acids is 1. The van der Waals surface area contributed by atoms with Crippen LogP contribution in [0.4, 0.5) is 13.2 Å². The van der Waals surface area contributed by atoms with Crippen molar-refractivity contribution in [1.29, 1.82) is 0 Å². The highest BCUT2D eigenvalue weighted by Crippen LogP contribution is 2.30. The van der Waals surface area contributed by atoms with Gasteiger partial charge in [-0.05, 0) is 26.0 Å². The number of carboxylic acids is 1. The van der Waals surface area contributed by atoms with E-state index in [2.05, 4.69) is 10.3 Å². The molecule has 21 heavy (non-hydrogen) atoms. The van der Waals surface area contributed by atoms with Crippen LogP contribution >= 0.6 is 0 Å². The first-order valence-corrected chi connectivity index (χ1v) is 5.96. The maximum atomic E-state index is 12.5. The van der Waals surface area contributed by atoms with Crippen molar-refractivity contribution < 1.29 is 23.1 Å². The topological polar surface area (TPSA) is 68.0 Å². The number of carbonyl (C=O) groups is 1. The number of aromatic nitrogens is 3. The summed E-state index contributed by atoms with van der Waals surface area (Å²) in [6.07, 6.45) is -3.02. The molecule has 2 rings (SSSR count). The first-order chi connectivity index (χ1) is 9.62. The summed E-state index contributed by atoms with van der Waals surface area (Å²) in [5, 5.41) is 16.6. The highest BCUT2D eigenvalue weighted by atomic mass is 19.4. The Bertz CT molecular complexity index is 660. The van der Waals surface area contributed by atoms with Crippen molar-refractivity contribution in [3.05, 3.63) is 36.0 Å². The first kappa shape index (κ1) is 15.0. The molecule has 0 radical (unpaired) electrons. The van der Waals surface area contributed by atoms with E-state index in [1.54, 1.807) is 0 Å². The van der Waals surface area contributed by atoms with Gasteiger partial charge in [-0.15, -0.1) is 5.10 Å². The Balaban J connectivity index is 2.32. The Labute approximate surface area is 118 Å². The van der Waals surface area contributed by atoms with Gasteiger partial charge in [-0.25, -0.2) is 9.48 Å². The van der Waals surface area contributed by atoms with Gasteiger partial charge in [0.1, 0.15) is 5.69 Å². The molecule has 0 unspecified atom stereocenters. The van der Waals surface area contributed by atoms with Crippen LogP contribution in [0.2, 0.25) is 0 Å². The molecule has 1 aromatic heterocycles. The summed E-state index contributed by atoms with van der Waals surface area (Å²) in [5.41, 5.74) is -1.32. The molecule has 0 amide bonds. The van der Waals surface area contributed by atoms with Crippen LogP contribution in [-0.4, -0.2) is 26.1 Å². The number of nitrogens with zero attached hydrogens (tertiary/aromatic N) is 3. The molecule has 1 heterocycles. The normalized spacial score (nSPS) is 12.4. The van der Waals surface area contributed by atoms with Gasteiger partial charge in [0.2, 0.25) is 0 Å². The molecule has 0 fully saturated rings. The average molecular weight is 299 g/mol. The van der Waals surface area contributed by atoms with Crippen molar-refractivity contribution in [3.8, 4) is 11.3 Å². The lowest BCUT2D eigenvalue weighted by Crippen LogP contribution is -2.36. The van der Waals surface area contributed by atoms with Crippen molar-refractivity contribution in [1.82, 2.24) is 15.0 Å². The number of hydrogen-bond donors (Lipinski definition) is 1. The molecule has 5 nitrogen and oxygen atoms in total. The highest BCUT2D eigenvalue weighted by molar-refractivity contribution is 5.75. The third-order valence-corrected chi connectivity index (χ3v) is 3.10. The standard InChI is InChI=1S/C13H12F3N3O2/c1-12(2,11(20)21)19-7-10(17-18-19)8-3-5-9(6-4-8)13(14,15)16/h3-7H,1-2H3,(H,20,21). The molecule has 0 aliphatic carbocycles. The number of halogens is 3. The monoisotopic (exact) mass is 299 g/mol. The zero-order chi connectivity index (χ0) is 15.8. The Morgan fingerprint density at radius 2 is 1.76 bits per heavy atom. The van der Waals surface area contributed by atoms with E-state index in [1.807, 2.05) is 0 Å². The van der Waals surface area contributed by atoms with Gasteiger partial charge < -0.3 is 5.11 Å². The Morgan fingerprint density at radius 3 is 2.24 bits per heavy atom. The first-order valence-electron chi connectivity index (χ1n) is 5.96. The van der Waals surface area contributed by atoms with E-state index in [-0.39, 0.29) is 0 Å². The molecular weight excluding hydrogens is 287 g/mol. The van der Waals surface area contributed by atoms with E-state index in [9.17, 15) is 18.0 Å². The summed E-state index contributed by atoms with van der Waals surface area (Å²) in [5.74, 6) is -1.09. The zero-order valence-electron chi connectivity index (χ0n) is 11.2. The molecule has 0 aliphatic rings. The summed E-state index contributed by atoms with van der Waals surface area (Å²) < 4.78 is 38.6. The Kier molecular flexibility index (Phi) is 3.48. The molecule has 112 valence electrons. The van der Waals surface area contributed by atoms with Gasteiger partial charge in [0, 0.05) is 5.56 Å². The third kappa shape index (κ3) is 2.88. The van der Waals surface area contributed by atoms with Crippen molar-refractivity contribution in [2.45, 2.75) is 25.6 Å². The summed E-state index contributed by atoms with van der Waals surface area (Å²) in [6.45, 7) is 2.89.